The molecule has 0 aliphatic carbocycles. The molecule has 0 saturated carbocycles. The second-order valence-electron chi connectivity index (χ2n) is 5.17. The third-order valence-electron chi connectivity index (χ3n) is 3.56. The monoisotopic (exact) mass is 248 g/mol. The predicted molar refractivity (Wildman–Crippen MR) is 75.1 cm³/mol. The van der Waals surface area contributed by atoms with E-state index in [0.29, 0.717) is 0 Å². The molecule has 1 aliphatic heterocycles. The van der Waals surface area contributed by atoms with E-state index in [4.69, 9.17) is 4.74 Å². The van der Waals surface area contributed by atoms with Crippen molar-refractivity contribution in [1.82, 2.24) is 10.2 Å². The largest absolute Gasteiger partial charge is 0.492 e. The summed E-state index contributed by atoms with van der Waals surface area (Å²) >= 11 is 0. The predicted octanol–water partition coefficient (Wildman–Crippen LogP) is 1.92. The van der Waals surface area contributed by atoms with Crippen molar-refractivity contribution in [1.29, 1.82) is 0 Å². The van der Waals surface area contributed by atoms with Gasteiger partial charge in [-0.3, -0.25) is 4.90 Å². The molecule has 0 radical (unpaired) electrons. The molecule has 1 aromatic carbocycles. The van der Waals surface area contributed by atoms with Crippen LogP contribution in [-0.2, 0) is 0 Å². The van der Waals surface area contributed by atoms with Gasteiger partial charge in [-0.15, -0.1) is 0 Å². The van der Waals surface area contributed by atoms with Crippen LogP contribution in [0.15, 0.2) is 24.3 Å². The van der Waals surface area contributed by atoms with Crippen LogP contribution < -0.4 is 10.1 Å². The molecule has 1 aliphatic rings. The number of aryl methyl sites for hydroxylation is 1. The van der Waals surface area contributed by atoms with E-state index in [-0.39, 0.29) is 0 Å². The minimum atomic E-state index is 0.787. The summed E-state index contributed by atoms with van der Waals surface area (Å²) in [5, 5.41) is 3.26. The van der Waals surface area contributed by atoms with E-state index in [2.05, 4.69) is 29.3 Å². The maximum atomic E-state index is 5.76. The van der Waals surface area contributed by atoms with Crippen molar-refractivity contribution >= 4 is 0 Å². The van der Waals surface area contributed by atoms with Crippen molar-refractivity contribution in [2.24, 2.45) is 5.92 Å². The van der Waals surface area contributed by atoms with Crippen molar-refractivity contribution in [2.45, 2.75) is 13.3 Å². The number of hydrogen-bond donors (Lipinski definition) is 1. The summed E-state index contributed by atoms with van der Waals surface area (Å²) < 4.78 is 5.76. The minimum Gasteiger partial charge on any atom is -0.492 e. The normalized spacial score (nSPS) is 20.2. The first kappa shape index (κ1) is 13.4. The molecule has 3 nitrogen and oxygen atoms in total. The Kier molecular flexibility index (Phi) is 5.02. The second kappa shape index (κ2) is 6.76. The number of nitrogens with zero attached hydrogens (tertiary/aromatic N) is 1. The Balaban J connectivity index is 1.65. The van der Waals surface area contributed by atoms with Crippen molar-refractivity contribution < 1.29 is 4.74 Å². The molecular formula is C15H24N2O. The molecule has 0 spiro atoms. The Bertz CT molecular complexity index is 350. The van der Waals surface area contributed by atoms with E-state index in [1.165, 1.54) is 25.1 Å². The first-order chi connectivity index (χ1) is 8.78. The lowest BCUT2D eigenvalue weighted by molar-refractivity contribution is 0.232. The Morgan fingerprint density at radius 3 is 2.83 bits per heavy atom. The molecule has 1 atom stereocenters. The summed E-state index contributed by atoms with van der Waals surface area (Å²) in [6, 6.07) is 8.27. The first-order valence-corrected chi connectivity index (χ1v) is 6.84. The van der Waals surface area contributed by atoms with Crippen molar-refractivity contribution in [3.8, 4) is 5.75 Å². The second-order valence-corrected chi connectivity index (χ2v) is 5.17. The molecule has 100 valence electrons. The average molecular weight is 248 g/mol. The minimum absolute atomic E-state index is 0.787. The Morgan fingerprint density at radius 2 is 2.11 bits per heavy atom. The maximum absolute atomic E-state index is 5.76. The van der Waals surface area contributed by atoms with E-state index in [1.807, 2.05) is 19.2 Å². The van der Waals surface area contributed by atoms with E-state index in [9.17, 15) is 0 Å². The zero-order valence-electron chi connectivity index (χ0n) is 11.5. The Hall–Kier alpha value is -1.06. The molecule has 18 heavy (non-hydrogen) atoms. The number of likely N-dealkylation sites (tertiary alicyclic amines) is 1. The highest BCUT2D eigenvalue weighted by Gasteiger charge is 2.21. The lowest BCUT2D eigenvalue weighted by Crippen LogP contribution is -2.28. The molecule has 0 amide bonds. The van der Waals surface area contributed by atoms with Crippen LogP contribution in [0.3, 0.4) is 0 Å². The highest BCUT2D eigenvalue weighted by atomic mass is 16.5. The van der Waals surface area contributed by atoms with Gasteiger partial charge in [0.15, 0.2) is 0 Å². The summed E-state index contributed by atoms with van der Waals surface area (Å²) in [5.41, 5.74) is 1.27. The van der Waals surface area contributed by atoms with Gasteiger partial charge < -0.3 is 10.1 Å². The van der Waals surface area contributed by atoms with Gasteiger partial charge in [0.1, 0.15) is 12.4 Å². The maximum Gasteiger partial charge on any atom is 0.119 e. The Morgan fingerprint density at radius 1 is 1.33 bits per heavy atom. The number of ether oxygens (including phenoxy) is 1. The molecule has 1 N–H and O–H groups in total. The number of hydrogen-bond acceptors (Lipinski definition) is 3. The molecule has 1 heterocycles. The molecule has 2 rings (SSSR count). The lowest BCUT2D eigenvalue weighted by atomic mass is 10.1. The lowest BCUT2D eigenvalue weighted by Gasteiger charge is -2.16. The van der Waals surface area contributed by atoms with Crippen LogP contribution in [0.1, 0.15) is 12.0 Å². The number of benzene rings is 1. The first-order valence-electron chi connectivity index (χ1n) is 6.84. The zero-order chi connectivity index (χ0) is 12.8. The van der Waals surface area contributed by atoms with Gasteiger partial charge >= 0.3 is 0 Å². The molecule has 3 heteroatoms. The third kappa shape index (κ3) is 4.00. The fraction of sp³-hybridized carbons (Fsp3) is 0.600. The number of nitrogens with one attached hydrogen (secondary N) is 1. The highest BCUT2D eigenvalue weighted by molar-refractivity contribution is 5.26. The topological polar surface area (TPSA) is 24.5 Å². The van der Waals surface area contributed by atoms with E-state index >= 15 is 0 Å². The van der Waals surface area contributed by atoms with Gasteiger partial charge in [0.25, 0.3) is 0 Å². The average Bonchev–Trinajstić information content (AvgIpc) is 2.80. The van der Waals surface area contributed by atoms with Crippen molar-refractivity contribution in [3.05, 3.63) is 29.8 Å². The van der Waals surface area contributed by atoms with Crippen LogP contribution in [0.5, 0.6) is 5.75 Å². The van der Waals surface area contributed by atoms with Crippen molar-refractivity contribution in [2.75, 3.05) is 39.8 Å². The zero-order valence-corrected chi connectivity index (χ0v) is 11.5. The van der Waals surface area contributed by atoms with Gasteiger partial charge in [0.05, 0.1) is 0 Å². The van der Waals surface area contributed by atoms with Crippen molar-refractivity contribution in [3.63, 3.8) is 0 Å². The molecule has 0 aromatic heterocycles. The fourth-order valence-electron chi connectivity index (χ4n) is 2.50. The van der Waals surface area contributed by atoms with Crippen LogP contribution in [0.2, 0.25) is 0 Å². The standard InChI is InChI=1S/C15H24N2O/c1-13-3-5-15(6-4-13)18-10-9-17-8-7-14(12-17)11-16-2/h3-6,14,16H,7-12H2,1-2H3. The summed E-state index contributed by atoms with van der Waals surface area (Å²) in [5.74, 6) is 1.79. The SMILES string of the molecule is CNCC1CCN(CCOc2ccc(C)cc2)C1. The summed E-state index contributed by atoms with van der Waals surface area (Å²) in [4.78, 5) is 2.50. The smallest absolute Gasteiger partial charge is 0.119 e. The summed E-state index contributed by atoms with van der Waals surface area (Å²) in [7, 11) is 2.03. The van der Waals surface area contributed by atoms with Gasteiger partial charge in [-0.2, -0.15) is 0 Å². The van der Waals surface area contributed by atoms with Gasteiger partial charge in [0.2, 0.25) is 0 Å². The van der Waals surface area contributed by atoms with Crippen LogP contribution >= 0.6 is 0 Å². The molecule has 1 saturated heterocycles. The van der Waals surface area contributed by atoms with Crippen LogP contribution in [0.25, 0.3) is 0 Å². The van der Waals surface area contributed by atoms with Gasteiger partial charge in [-0.1, -0.05) is 17.7 Å². The van der Waals surface area contributed by atoms with Gasteiger partial charge in [0, 0.05) is 13.1 Å². The van der Waals surface area contributed by atoms with E-state index in [0.717, 1.165) is 31.4 Å². The Labute approximate surface area is 110 Å². The van der Waals surface area contributed by atoms with E-state index < -0.39 is 0 Å². The fourth-order valence-corrected chi connectivity index (χ4v) is 2.50. The molecule has 1 unspecified atom stereocenters. The quantitative estimate of drug-likeness (QED) is 0.832. The van der Waals surface area contributed by atoms with Crippen LogP contribution in [-0.4, -0.2) is 44.7 Å². The molecule has 0 bridgehead atoms. The summed E-state index contributed by atoms with van der Waals surface area (Å²) in [6.07, 6.45) is 1.31. The van der Waals surface area contributed by atoms with Gasteiger partial charge in [-0.05, 0) is 51.5 Å². The highest BCUT2D eigenvalue weighted by Crippen LogP contribution is 2.15. The molecular weight excluding hydrogens is 224 g/mol. The molecule has 1 aromatic rings. The summed E-state index contributed by atoms with van der Waals surface area (Å²) in [6.45, 7) is 7.47. The molecule has 1 fully saturated rings. The van der Waals surface area contributed by atoms with E-state index in [1.54, 1.807) is 0 Å². The van der Waals surface area contributed by atoms with Crippen LogP contribution in [0.4, 0.5) is 0 Å². The number of rotatable bonds is 6. The van der Waals surface area contributed by atoms with Gasteiger partial charge in [-0.25, -0.2) is 0 Å². The third-order valence-corrected chi connectivity index (χ3v) is 3.56. The van der Waals surface area contributed by atoms with Crippen LogP contribution in [0, 0.1) is 12.8 Å².